The van der Waals surface area contributed by atoms with E-state index >= 15 is 0 Å². The third kappa shape index (κ3) is 5.44. The Balaban J connectivity index is 4.45. The predicted molar refractivity (Wildman–Crippen MR) is 80.3 cm³/mol. The maximum Gasteiger partial charge on any atom is -0.0386 e. The molecule has 0 heterocycles. The lowest BCUT2D eigenvalue weighted by Gasteiger charge is -2.32. The lowest BCUT2D eigenvalue weighted by Crippen LogP contribution is -2.23. The average Bonchev–Trinajstić information content (AvgIpc) is 2.37. The molecule has 0 radical (unpaired) electrons. The second-order valence-corrected chi connectivity index (χ2v) is 6.20. The fourth-order valence-electron chi connectivity index (χ4n) is 3.11. The summed E-state index contributed by atoms with van der Waals surface area (Å²) in [5.74, 6) is 4.55. The van der Waals surface area contributed by atoms with Gasteiger partial charge < -0.3 is 0 Å². The van der Waals surface area contributed by atoms with Crippen molar-refractivity contribution in [3.8, 4) is 0 Å². The van der Waals surface area contributed by atoms with Crippen LogP contribution in [0, 0.1) is 29.6 Å². The molecule has 0 bridgehead atoms. The summed E-state index contributed by atoms with van der Waals surface area (Å²) in [6, 6.07) is 0. The second-order valence-electron chi connectivity index (χ2n) is 6.20. The third-order valence-electron chi connectivity index (χ3n) is 5.39. The molecule has 0 saturated carbocycles. The fourth-order valence-corrected chi connectivity index (χ4v) is 3.11. The van der Waals surface area contributed by atoms with Gasteiger partial charge in [0.15, 0.2) is 0 Å². The van der Waals surface area contributed by atoms with Gasteiger partial charge in [-0.25, -0.2) is 0 Å². The minimum Gasteiger partial charge on any atom is -0.0651 e. The average molecular weight is 240 g/mol. The molecular weight excluding hydrogens is 204 g/mol. The van der Waals surface area contributed by atoms with Crippen LogP contribution >= 0.6 is 0 Å². The molecule has 0 aliphatic carbocycles. The molecule has 0 spiro atoms. The van der Waals surface area contributed by atoms with Crippen LogP contribution in [0.2, 0.25) is 0 Å². The van der Waals surface area contributed by atoms with Crippen molar-refractivity contribution < 1.29 is 0 Å². The Kier molecular flexibility index (Phi) is 9.00. The molecule has 0 heteroatoms. The smallest absolute Gasteiger partial charge is 0.0386 e. The number of hydrogen-bond donors (Lipinski definition) is 0. The molecule has 0 aromatic rings. The minimum absolute atomic E-state index is 0.884. The first-order chi connectivity index (χ1) is 8.01. The van der Waals surface area contributed by atoms with Crippen LogP contribution in [0.3, 0.4) is 0 Å². The number of hydrogen-bond acceptors (Lipinski definition) is 0. The van der Waals surface area contributed by atoms with Crippen LogP contribution < -0.4 is 0 Å². The molecule has 0 aliphatic heterocycles. The summed E-state index contributed by atoms with van der Waals surface area (Å²) in [6.07, 6.45) is 6.84. The molecule has 0 nitrogen and oxygen atoms in total. The van der Waals surface area contributed by atoms with E-state index in [9.17, 15) is 0 Å². The Bertz CT molecular complexity index is 173. The monoisotopic (exact) mass is 240 g/mol. The first-order valence-electron chi connectivity index (χ1n) is 8.01. The maximum atomic E-state index is 2.48. The first-order valence-corrected chi connectivity index (χ1v) is 8.01. The van der Waals surface area contributed by atoms with Gasteiger partial charge in [-0.05, 0) is 36.0 Å². The summed E-state index contributed by atoms with van der Waals surface area (Å²) in [4.78, 5) is 0. The van der Waals surface area contributed by atoms with Crippen molar-refractivity contribution in [1.82, 2.24) is 0 Å². The summed E-state index contributed by atoms with van der Waals surface area (Å²) < 4.78 is 0. The van der Waals surface area contributed by atoms with Gasteiger partial charge in [0.25, 0.3) is 0 Å². The van der Waals surface area contributed by atoms with Crippen molar-refractivity contribution in [2.24, 2.45) is 29.6 Å². The van der Waals surface area contributed by atoms with Gasteiger partial charge in [-0.2, -0.15) is 0 Å². The van der Waals surface area contributed by atoms with E-state index in [4.69, 9.17) is 0 Å². The minimum atomic E-state index is 0.884. The molecule has 0 rings (SSSR count). The second kappa shape index (κ2) is 9.00. The number of rotatable bonds is 9. The van der Waals surface area contributed by atoms with E-state index in [1.165, 1.54) is 32.1 Å². The highest BCUT2D eigenvalue weighted by Crippen LogP contribution is 2.34. The summed E-state index contributed by atoms with van der Waals surface area (Å²) in [5, 5.41) is 0. The SMILES string of the molecule is CCC(C)C(CC)CC(CC)C(C)C(C)CC. The molecule has 0 amide bonds. The summed E-state index contributed by atoms with van der Waals surface area (Å²) in [5.41, 5.74) is 0. The van der Waals surface area contributed by atoms with E-state index < -0.39 is 0 Å². The van der Waals surface area contributed by atoms with Crippen molar-refractivity contribution in [1.29, 1.82) is 0 Å². The topological polar surface area (TPSA) is 0 Å². The van der Waals surface area contributed by atoms with Crippen LogP contribution in [0.5, 0.6) is 0 Å². The zero-order valence-corrected chi connectivity index (χ0v) is 13.4. The molecular formula is C17H36. The molecule has 5 atom stereocenters. The van der Waals surface area contributed by atoms with Crippen molar-refractivity contribution in [3.05, 3.63) is 0 Å². The van der Waals surface area contributed by atoms with Crippen LogP contribution in [0.25, 0.3) is 0 Å². The quantitative estimate of drug-likeness (QED) is 0.453. The van der Waals surface area contributed by atoms with Gasteiger partial charge in [-0.15, -0.1) is 0 Å². The van der Waals surface area contributed by atoms with Gasteiger partial charge >= 0.3 is 0 Å². The largest absolute Gasteiger partial charge is 0.0651 e. The summed E-state index contributed by atoms with van der Waals surface area (Å²) in [7, 11) is 0. The molecule has 0 aromatic heterocycles. The lowest BCUT2D eigenvalue weighted by molar-refractivity contribution is 0.179. The molecule has 0 fully saturated rings. The zero-order chi connectivity index (χ0) is 13.4. The van der Waals surface area contributed by atoms with Crippen LogP contribution in [0.1, 0.15) is 80.6 Å². The highest BCUT2D eigenvalue weighted by molar-refractivity contribution is 4.75. The molecule has 0 aliphatic rings. The molecule has 17 heavy (non-hydrogen) atoms. The highest BCUT2D eigenvalue weighted by atomic mass is 14.3. The van der Waals surface area contributed by atoms with Gasteiger partial charge in [-0.3, -0.25) is 0 Å². The van der Waals surface area contributed by atoms with Crippen molar-refractivity contribution in [2.45, 2.75) is 80.6 Å². The van der Waals surface area contributed by atoms with E-state index in [1.807, 2.05) is 0 Å². The standard InChI is InChI=1S/C17H36/c1-8-13(5)15(7)17(11-4)12-16(10-3)14(6)9-2/h13-17H,8-12H2,1-7H3. The highest BCUT2D eigenvalue weighted by Gasteiger charge is 2.25. The molecule has 0 saturated heterocycles. The first kappa shape index (κ1) is 17.0. The maximum absolute atomic E-state index is 2.48. The molecule has 104 valence electrons. The Morgan fingerprint density at radius 2 is 1.06 bits per heavy atom. The fraction of sp³-hybridized carbons (Fsp3) is 1.00. The van der Waals surface area contributed by atoms with Crippen LogP contribution in [0.4, 0.5) is 0 Å². The van der Waals surface area contributed by atoms with E-state index in [-0.39, 0.29) is 0 Å². The van der Waals surface area contributed by atoms with Gasteiger partial charge in [0.05, 0.1) is 0 Å². The van der Waals surface area contributed by atoms with E-state index in [0.717, 1.165) is 29.6 Å². The molecule has 5 unspecified atom stereocenters. The van der Waals surface area contributed by atoms with Gasteiger partial charge in [-0.1, -0.05) is 74.1 Å². The van der Waals surface area contributed by atoms with E-state index in [2.05, 4.69) is 48.5 Å². The molecule has 0 N–H and O–H groups in total. The van der Waals surface area contributed by atoms with Gasteiger partial charge in [0, 0.05) is 0 Å². The van der Waals surface area contributed by atoms with Crippen LogP contribution in [-0.2, 0) is 0 Å². The third-order valence-corrected chi connectivity index (χ3v) is 5.39. The zero-order valence-electron chi connectivity index (χ0n) is 13.4. The lowest BCUT2D eigenvalue weighted by atomic mass is 9.73. The van der Waals surface area contributed by atoms with Crippen molar-refractivity contribution >= 4 is 0 Å². The normalized spacial score (nSPS) is 20.6. The predicted octanol–water partition coefficient (Wildman–Crippen LogP) is 6.16. The van der Waals surface area contributed by atoms with E-state index in [1.54, 1.807) is 0 Å². The van der Waals surface area contributed by atoms with Crippen LogP contribution in [-0.4, -0.2) is 0 Å². The van der Waals surface area contributed by atoms with Crippen molar-refractivity contribution in [3.63, 3.8) is 0 Å². The van der Waals surface area contributed by atoms with E-state index in [0.29, 0.717) is 0 Å². The Morgan fingerprint density at radius 1 is 0.588 bits per heavy atom. The van der Waals surface area contributed by atoms with Gasteiger partial charge in [0.1, 0.15) is 0 Å². The Hall–Kier alpha value is 0. The molecule has 0 aromatic carbocycles. The van der Waals surface area contributed by atoms with Gasteiger partial charge in [0.2, 0.25) is 0 Å². The van der Waals surface area contributed by atoms with Crippen LogP contribution in [0.15, 0.2) is 0 Å². The summed E-state index contributed by atoms with van der Waals surface area (Å²) >= 11 is 0. The van der Waals surface area contributed by atoms with Crippen molar-refractivity contribution in [2.75, 3.05) is 0 Å². The Labute approximate surface area is 111 Å². The summed E-state index contributed by atoms with van der Waals surface area (Å²) in [6.45, 7) is 16.8. The Morgan fingerprint density at radius 3 is 1.41 bits per heavy atom.